The second kappa shape index (κ2) is 7.64. The fraction of sp³-hybridized carbons (Fsp3) is 0.111. The van der Waals surface area contributed by atoms with Gasteiger partial charge in [-0.3, -0.25) is 5.10 Å². The van der Waals surface area contributed by atoms with Gasteiger partial charge in [-0.2, -0.15) is 0 Å². The van der Waals surface area contributed by atoms with Crippen molar-refractivity contribution in [1.29, 1.82) is 0 Å². The van der Waals surface area contributed by atoms with Crippen LogP contribution >= 0.6 is 23.4 Å². The lowest BCUT2D eigenvalue weighted by molar-refractivity contribution is 0.628. The largest absolute Gasteiger partial charge is 0.259 e. The molecule has 0 unspecified atom stereocenters. The molecule has 6 heteroatoms. The quantitative estimate of drug-likeness (QED) is 0.601. The van der Waals surface area contributed by atoms with Crippen LogP contribution in [-0.4, -0.2) is 15.2 Å². The number of nitrogens with one attached hydrogen (secondary N) is 1. The fourth-order valence-electron chi connectivity index (χ4n) is 2.16. The maximum atomic E-state index is 12.9. The van der Waals surface area contributed by atoms with Crippen LogP contribution in [0.4, 0.5) is 4.39 Å². The number of thioether (sulfide) groups is 1. The molecule has 0 radical (unpaired) electrons. The van der Waals surface area contributed by atoms with E-state index in [0.717, 1.165) is 16.1 Å². The number of aromatic amines is 1. The number of halogens is 2. The predicted molar refractivity (Wildman–Crippen MR) is 97.4 cm³/mol. The van der Waals surface area contributed by atoms with Crippen LogP contribution in [-0.2, 0) is 0 Å². The summed E-state index contributed by atoms with van der Waals surface area (Å²) in [6, 6.07) is 14.0. The smallest absolute Gasteiger partial charge is 0.209 e. The third-order valence-corrected chi connectivity index (χ3v) is 4.76. The summed E-state index contributed by atoms with van der Waals surface area (Å²) < 4.78 is 12.9. The van der Waals surface area contributed by atoms with Gasteiger partial charge in [-0.05, 0) is 42.3 Å². The minimum atomic E-state index is -0.251. The highest BCUT2D eigenvalue weighted by Crippen LogP contribution is 2.36. The number of benzene rings is 2. The van der Waals surface area contributed by atoms with E-state index in [1.54, 1.807) is 12.1 Å². The van der Waals surface area contributed by atoms with Crippen molar-refractivity contribution in [3.63, 3.8) is 0 Å². The van der Waals surface area contributed by atoms with Crippen molar-refractivity contribution in [3.8, 4) is 0 Å². The lowest BCUT2D eigenvalue weighted by Gasteiger charge is -2.10. The average Bonchev–Trinajstić information content (AvgIpc) is 3.02. The molecule has 0 fully saturated rings. The number of hydrogen-bond donors (Lipinski definition) is 1. The third-order valence-electron chi connectivity index (χ3n) is 3.41. The standard InChI is InChI=1S/C18H15ClFN3S/c1-12(15-4-2-3-5-16(15)19)24-18-21-17(22-23-18)11-8-13-6-9-14(20)10-7-13/h2-12H,1H3,(H,21,22,23)/b11-8+/t12-/m1/s1. The molecule has 1 heterocycles. The zero-order chi connectivity index (χ0) is 16.9. The van der Waals surface area contributed by atoms with E-state index in [4.69, 9.17) is 11.6 Å². The minimum Gasteiger partial charge on any atom is -0.259 e. The monoisotopic (exact) mass is 359 g/mol. The van der Waals surface area contributed by atoms with Crippen LogP contribution in [0.2, 0.25) is 5.02 Å². The first-order chi connectivity index (χ1) is 11.6. The summed E-state index contributed by atoms with van der Waals surface area (Å²) in [6.45, 7) is 2.07. The fourth-order valence-corrected chi connectivity index (χ4v) is 3.42. The van der Waals surface area contributed by atoms with Gasteiger partial charge < -0.3 is 0 Å². The van der Waals surface area contributed by atoms with Gasteiger partial charge in [0, 0.05) is 10.3 Å². The van der Waals surface area contributed by atoms with Crippen molar-refractivity contribution in [1.82, 2.24) is 15.2 Å². The zero-order valence-corrected chi connectivity index (χ0v) is 14.5. The van der Waals surface area contributed by atoms with Crippen LogP contribution < -0.4 is 0 Å². The predicted octanol–water partition coefficient (Wildman–Crippen LogP) is 5.62. The molecule has 2 aromatic carbocycles. The Kier molecular flexibility index (Phi) is 5.33. The Hall–Kier alpha value is -2.11. The number of hydrogen-bond acceptors (Lipinski definition) is 3. The van der Waals surface area contributed by atoms with Gasteiger partial charge in [0.15, 0.2) is 0 Å². The summed E-state index contributed by atoms with van der Waals surface area (Å²) in [5.74, 6) is 0.396. The molecule has 1 atom stereocenters. The summed E-state index contributed by atoms with van der Waals surface area (Å²) in [4.78, 5) is 4.43. The van der Waals surface area contributed by atoms with Crippen molar-refractivity contribution < 1.29 is 4.39 Å². The van der Waals surface area contributed by atoms with E-state index in [9.17, 15) is 4.39 Å². The van der Waals surface area contributed by atoms with Crippen molar-refractivity contribution in [2.45, 2.75) is 17.3 Å². The van der Waals surface area contributed by atoms with Gasteiger partial charge in [0.25, 0.3) is 0 Å². The van der Waals surface area contributed by atoms with Gasteiger partial charge in [-0.25, -0.2) is 9.37 Å². The first-order valence-corrected chi connectivity index (χ1v) is 8.65. The molecule has 3 rings (SSSR count). The molecular weight excluding hydrogens is 345 g/mol. The maximum absolute atomic E-state index is 12.9. The number of H-pyrrole nitrogens is 1. The van der Waals surface area contributed by atoms with E-state index in [1.807, 2.05) is 36.4 Å². The Morgan fingerprint density at radius 2 is 1.88 bits per heavy atom. The van der Waals surface area contributed by atoms with Gasteiger partial charge in [0.05, 0.1) is 0 Å². The van der Waals surface area contributed by atoms with Crippen molar-refractivity contribution in [2.24, 2.45) is 0 Å². The van der Waals surface area contributed by atoms with E-state index >= 15 is 0 Å². The van der Waals surface area contributed by atoms with Crippen LogP contribution in [0.3, 0.4) is 0 Å². The molecule has 0 bridgehead atoms. The first-order valence-electron chi connectivity index (χ1n) is 7.39. The Balaban J connectivity index is 1.67. The van der Waals surface area contributed by atoms with Crippen LogP contribution in [0.25, 0.3) is 12.2 Å². The average molecular weight is 360 g/mol. The molecule has 0 saturated heterocycles. The molecule has 0 aliphatic rings. The van der Waals surface area contributed by atoms with Gasteiger partial charge >= 0.3 is 0 Å². The number of rotatable bonds is 5. The normalized spacial score (nSPS) is 12.6. The van der Waals surface area contributed by atoms with Gasteiger partial charge in [-0.15, -0.1) is 5.10 Å². The van der Waals surface area contributed by atoms with Crippen molar-refractivity contribution in [2.75, 3.05) is 0 Å². The summed E-state index contributed by atoms with van der Waals surface area (Å²) in [7, 11) is 0. The second-order valence-electron chi connectivity index (χ2n) is 5.17. The second-order valence-corrected chi connectivity index (χ2v) is 6.88. The van der Waals surface area contributed by atoms with Crippen molar-refractivity contribution >= 4 is 35.5 Å². The molecule has 1 aromatic heterocycles. The summed E-state index contributed by atoms with van der Waals surface area (Å²) >= 11 is 7.75. The zero-order valence-electron chi connectivity index (χ0n) is 12.9. The highest BCUT2D eigenvalue weighted by molar-refractivity contribution is 7.99. The number of aromatic nitrogens is 3. The summed E-state index contributed by atoms with van der Waals surface area (Å²) in [5, 5.41) is 8.63. The minimum absolute atomic E-state index is 0.142. The van der Waals surface area contributed by atoms with E-state index in [2.05, 4.69) is 22.1 Å². The van der Waals surface area contributed by atoms with Crippen LogP contribution in [0.5, 0.6) is 0 Å². The highest BCUT2D eigenvalue weighted by Gasteiger charge is 2.13. The van der Waals surface area contributed by atoms with Gasteiger partial charge in [0.1, 0.15) is 11.6 Å². The molecular formula is C18H15ClFN3S. The molecule has 3 nitrogen and oxygen atoms in total. The molecule has 0 spiro atoms. The van der Waals surface area contributed by atoms with Crippen molar-refractivity contribution in [3.05, 3.63) is 76.3 Å². The lowest BCUT2D eigenvalue weighted by Crippen LogP contribution is -1.90. The highest BCUT2D eigenvalue weighted by atomic mass is 35.5. The maximum Gasteiger partial charge on any atom is 0.209 e. The van der Waals surface area contributed by atoms with E-state index in [1.165, 1.54) is 23.9 Å². The summed E-state index contributed by atoms with van der Waals surface area (Å²) in [6.07, 6.45) is 3.66. The Morgan fingerprint density at radius 1 is 1.12 bits per heavy atom. The van der Waals surface area contributed by atoms with Gasteiger partial charge in [-0.1, -0.05) is 59.8 Å². The van der Waals surface area contributed by atoms with Crippen LogP contribution in [0, 0.1) is 5.82 Å². The molecule has 0 aliphatic heterocycles. The molecule has 0 saturated carbocycles. The Labute approximate surface area is 149 Å². The number of nitrogens with zero attached hydrogens (tertiary/aromatic N) is 2. The van der Waals surface area contributed by atoms with E-state index < -0.39 is 0 Å². The molecule has 1 N–H and O–H groups in total. The third kappa shape index (κ3) is 4.24. The van der Waals surface area contributed by atoms with Crippen LogP contribution in [0.1, 0.15) is 29.1 Å². The van der Waals surface area contributed by atoms with E-state index in [0.29, 0.717) is 11.0 Å². The molecule has 0 amide bonds. The van der Waals surface area contributed by atoms with Crippen LogP contribution in [0.15, 0.2) is 53.7 Å². The summed E-state index contributed by atoms with van der Waals surface area (Å²) in [5.41, 5.74) is 1.95. The molecule has 122 valence electrons. The first kappa shape index (κ1) is 16.7. The lowest BCUT2D eigenvalue weighted by atomic mass is 10.2. The molecule has 3 aromatic rings. The molecule has 0 aliphatic carbocycles. The van der Waals surface area contributed by atoms with Gasteiger partial charge in [0.2, 0.25) is 5.16 Å². The topological polar surface area (TPSA) is 41.6 Å². The van der Waals surface area contributed by atoms with E-state index in [-0.39, 0.29) is 11.1 Å². The molecule has 24 heavy (non-hydrogen) atoms. The SMILES string of the molecule is C[C@@H](Sc1n[nH]c(/C=C/c2ccc(F)cc2)n1)c1ccccc1Cl. The Bertz CT molecular complexity index is 845. The Morgan fingerprint density at radius 3 is 2.62 bits per heavy atom.